The lowest BCUT2D eigenvalue weighted by Gasteiger charge is -2.06. The van der Waals surface area contributed by atoms with E-state index in [-0.39, 0.29) is 10.0 Å². The first-order valence-corrected chi connectivity index (χ1v) is 10.7. The molecule has 0 aliphatic heterocycles. The molecule has 3 aromatic rings. The predicted octanol–water partition coefficient (Wildman–Crippen LogP) is 4.24. The summed E-state index contributed by atoms with van der Waals surface area (Å²) >= 11 is 2.83. The number of sulfonamides is 1. The molecule has 8 heteroatoms. The number of aromatic nitrogens is 2. The number of hydrogen-bond donors (Lipinski definition) is 1. The molecule has 1 N–H and O–H groups in total. The van der Waals surface area contributed by atoms with Crippen molar-refractivity contribution in [2.45, 2.75) is 23.1 Å². The van der Waals surface area contributed by atoms with Crippen LogP contribution in [-0.4, -0.2) is 24.4 Å². The minimum atomic E-state index is -3.67. The Morgan fingerprint density at radius 3 is 2.62 bits per heavy atom. The SMILES string of the molecule is CC(C)CSc1nnc(NS(=O)(=O)c2ccc3ccccc3c2)s1. The van der Waals surface area contributed by atoms with Gasteiger partial charge in [-0.3, -0.25) is 4.72 Å². The smallest absolute Gasteiger partial charge is 0.253 e. The molecule has 0 amide bonds. The zero-order valence-electron chi connectivity index (χ0n) is 13.3. The molecule has 0 unspecified atom stereocenters. The molecule has 0 atom stereocenters. The summed E-state index contributed by atoms with van der Waals surface area (Å²) in [4.78, 5) is 0.216. The van der Waals surface area contributed by atoms with Gasteiger partial charge in [0.15, 0.2) is 4.34 Å². The number of rotatable bonds is 6. The van der Waals surface area contributed by atoms with E-state index in [4.69, 9.17) is 0 Å². The quantitative estimate of drug-likeness (QED) is 0.649. The average Bonchev–Trinajstić information content (AvgIpc) is 2.99. The van der Waals surface area contributed by atoms with Crippen molar-refractivity contribution in [3.8, 4) is 0 Å². The predicted molar refractivity (Wildman–Crippen MR) is 100 cm³/mol. The highest BCUT2D eigenvalue weighted by molar-refractivity contribution is 8.01. The molecule has 0 saturated carbocycles. The third kappa shape index (κ3) is 4.06. The summed E-state index contributed by atoms with van der Waals surface area (Å²) in [5.74, 6) is 1.46. The molecule has 0 aliphatic carbocycles. The van der Waals surface area contributed by atoms with Crippen LogP contribution in [0.4, 0.5) is 5.13 Å². The second-order valence-electron chi connectivity index (χ2n) is 5.69. The van der Waals surface area contributed by atoms with Crippen LogP contribution < -0.4 is 4.72 Å². The van der Waals surface area contributed by atoms with Crippen molar-refractivity contribution in [3.63, 3.8) is 0 Å². The molecular weight excluding hydrogens is 362 g/mol. The van der Waals surface area contributed by atoms with Gasteiger partial charge in [-0.25, -0.2) is 8.42 Å². The lowest BCUT2D eigenvalue weighted by Crippen LogP contribution is -2.12. The van der Waals surface area contributed by atoms with Crippen LogP contribution in [-0.2, 0) is 10.0 Å². The van der Waals surface area contributed by atoms with E-state index in [1.165, 1.54) is 11.3 Å². The molecule has 5 nitrogen and oxygen atoms in total. The largest absolute Gasteiger partial charge is 0.263 e. The Labute approximate surface area is 149 Å². The Hall–Kier alpha value is -1.64. The van der Waals surface area contributed by atoms with Crippen LogP contribution in [0.15, 0.2) is 51.7 Å². The van der Waals surface area contributed by atoms with Crippen molar-refractivity contribution in [3.05, 3.63) is 42.5 Å². The Kier molecular flexibility index (Phi) is 5.07. The fraction of sp³-hybridized carbons (Fsp3) is 0.250. The van der Waals surface area contributed by atoms with Crippen molar-refractivity contribution in [1.29, 1.82) is 0 Å². The molecule has 0 saturated heterocycles. The van der Waals surface area contributed by atoms with E-state index in [2.05, 4.69) is 28.8 Å². The highest BCUT2D eigenvalue weighted by atomic mass is 32.2. The summed E-state index contributed by atoms with van der Waals surface area (Å²) in [6.45, 7) is 4.24. The molecule has 0 aliphatic rings. The summed E-state index contributed by atoms with van der Waals surface area (Å²) in [6, 6.07) is 12.7. The topological polar surface area (TPSA) is 72.0 Å². The highest BCUT2D eigenvalue weighted by Gasteiger charge is 2.17. The molecule has 24 heavy (non-hydrogen) atoms. The maximum atomic E-state index is 12.5. The number of benzene rings is 2. The summed E-state index contributed by atoms with van der Waals surface area (Å²) < 4.78 is 28.4. The van der Waals surface area contributed by atoms with Gasteiger partial charge in [-0.1, -0.05) is 67.3 Å². The Bertz CT molecular complexity index is 952. The van der Waals surface area contributed by atoms with E-state index in [1.54, 1.807) is 30.0 Å². The third-order valence-electron chi connectivity index (χ3n) is 3.20. The molecule has 0 spiro atoms. The van der Waals surface area contributed by atoms with Crippen LogP contribution in [0.5, 0.6) is 0 Å². The number of nitrogens with one attached hydrogen (secondary N) is 1. The molecule has 1 aromatic heterocycles. The van der Waals surface area contributed by atoms with Gasteiger partial charge >= 0.3 is 0 Å². The normalized spacial score (nSPS) is 12.0. The van der Waals surface area contributed by atoms with Crippen molar-refractivity contribution < 1.29 is 8.42 Å². The maximum Gasteiger partial charge on any atom is 0.263 e. The minimum Gasteiger partial charge on any atom is -0.253 e. The molecule has 0 radical (unpaired) electrons. The Balaban J connectivity index is 1.80. The molecule has 0 bridgehead atoms. The summed E-state index contributed by atoms with van der Waals surface area (Å²) in [5.41, 5.74) is 0. The van der Waals surface area contributed by atoms with Crippen LogP contribution in [0.25, 0.3) is 10.8 Å². The number of nitrogens with zero attached hydrogens (tertiary/aromatic N) is 2. The van der Waals surface area contributed by atoms with Crippen molar-refractivity contribution in [2.24, 2.45) is 5.92 Å². The maximum absolute atomic E-state index is 12.5. The van der Waals surface area contributed by atoms with E-state index in [0.29, 0.717) is 5.92 Å². The van der Waals surface area contributed by atoms with Gasteiger partial charge in [0.2, 0.25) is 5.13 Å². The summed E-state index contributed by atoms with van der Waals surface area (Å²) in [6.07, 6.45) is 0. The molecule has 0 fully saturated rings. The molecule has 1 heterocycles. The zero-order valence-corrected chi connectivity index (χ0v) is 15.7. The van der Waals surface area contributed by atoms with Crippen molar-refractivity contribution >= 4 is 49.0 Å². The molecule has 126 valence electrons. The lowest BCUT2D eigenvalue weighted by atomic mass is 10.1. The Morgan fingerprint density at radius 1 is 1.12 bits per heavy atom. The molecule has 3 rings (SSSR count). The Morgan fingerprint density at radius 2 is 1.88 bits per heavy atom. The van der Waals surface area contributed by atoms with Crippen LogP contribution in [0.1, 0.15) is 13.8 Å². The van der Waals surface area contributed by atoms with Gasteiger partial charge in [-0.15, -0.1) is 10.2 Å². The third-order valence-corrected chi connectivity index (χ3v) is 7.06. The van der Waals surface area contributed by atoms with Crippen LogP contribution in [0.2, 0.25) is 0 Å². The van der Waals surface area contributed by atoms with Gasteiger partial charge < -0.3 is 0 Å². The fourth-order valence-electron chi connectivity index (χ4n) is 2.06. The van der Waals surface area contributed by atoms with Gasteiger partial charge in [-0.05, 0) is 28.8 Å². The first-order chi connectivity index (χ1) is 11.4. The zero-order chi connectivity index (χ0) is 17.2. The summed E-state index contributed by atoms with van der Waals surface area (Å²) in [5, 5.41) is 10.1. The van der Waals surface area contributed by atoms with Gasteiger partial charge in [0, 0.05) is 5.75 Å². The van der Waals surface area contributed by atoms with Crippen molar-refractivity contribution in [2.75, 3.05) is 10.5 Å². The number of hydrogen-bond acceptors (Lipinski definition) is 6. The number of fused-ring (bicyclic) bond motifs is 1. The molecular formula is C16H17N3O2S3. The van der Waals surface area contributed by atoms with Crippen LogP contribution in [0, 0.1) is 5.92 Å². The second-order valence-corrected chi connectivity index (χ2v) is 9.62. The van der Waals surface area contributed by atoms with E-state index in [1.807, 2.05) is 24.3 Å². The first kappa shape index (κ1) is 17.2. The standard InChI is InChI=1S/C16H17N3O2S3/c1-11(2)10-22-16-18-17-15(23-16)19-24(20,21)14-8-7-12-5-3-4-6-13(12)9-14/h3-9,11H,10H2,1-2H3,(H,17,19). The summed E-state index contributed by atoms with van der Waals surface area (Å²) in [7, 11) is -3.67. The fourth-order valence-corrected chi connectivity index (χ4v) is 5.05. The minimum absolute atomic E-state index is 0.216. The lowest BCUT2D eigenvalue weighted by molar-refractivity contribution is 0.601. The van der Waals surface area contributed by atoms with Gasteiger partial charge in [-0.2, -0.15) is 0 Å². The van der Waals surface area contributed by atoms with Crippen LogP contribution in [0.3, 0.4) is 0 Å². The second kappa shape index (κ2) is 7.08. The van der Waals surface area contributed by atoms with E-state index in [9.17, 15) is 8.42 Å². The van der Waals surface area contributed by atoms with E-state index >= 15 is 0 Å². The monoisotopic (exact) mass is 379 g/mol. The molecule has 2 aromatic carbocycles. The van der Waals surface area contributed by atoms with Gasteiger partial charge in [0.05, 0.1) is 4.90 Å². The first-order valence-electron chi connectivity index (χ1n) is 7.42. The average molecular weight is 380 g/mol. The van der Waals surface area contributed by atoms with E-state index in [0.717, 1.165) is 20.9 Å². The van der Waals surface area contributed by atoms with E-state index < -0.39 is 10.0 Å². The van der Waals surface area contributed by atoms with Crippen molar-refractivity contribution in [1.82, 2.24) is 10.2 Å². The van der Waals surface area contributed by atoms with Gasteiger partial charge in [0.25, 0.3) is 10.0 Å². The van der Waals surface area contributed by atoms with Crippen LogP contribution >= 0.6 is 23.1 Å². The number of anilines is 1. The number of thioether (sulfide) groups is 1. The van der Waals surface area contributed by atoms with Gasteiger partial charge in [0.1, 0.15) is 0 Å². The highest BCUT2D eigenvalue weighted by Crippen LogP contribution is 2.28.